The normalized spacial score (nSPS) is 11.1. The molecule has 2 rings (SSSR count). The van der Waals surface area contributed by atoms with E-state index >= 15 is 0 Å². The van der Waals surface area contributed by atoms with E-state index in [4.69, 9.17) is 17.3 Å². The maximum atomic E-state index is 6.28. The number of allylic oxidation sites excluding steroid dienone is 1. The van der Waals surface area contributed by atoms with Gasteiger partial charge in [0.1, 0.15) is 17.3 Å². The van der Waals surface area contributed by atoms with Crippen LogP contribution in [0, 0.1) is 0 Å². The summed E-state index contributed by atoms with van der Waals surface area (Å²) in [6, 6.07) is 5.66. The smallest absolute Gasteiger partial charge is 0.132 e. The van der Waals surface area contributed by atoms with E-state index in [1.165, 1.54) is 0 Å². The van der Waals surface area contributed by atoms with E-state index in [1.807, 2.05) is 28.8 Å². The third-order valence-corrected chi connectivity index (χ3v) is 3.87. The highest BCUT2D eigenvalue weighted by molar-refractivity contribution is 9.10. The quantitative estimate of drug-likeness (QED) is 0.797. The van der Waals surface area contributed by atoms with Crippen LogP contribution in [0.25, 0.3) is 11.3 Å². The number of nitrogens with zero attached hydrogens (tertiary/aromatic N) is 2. The Hall–Kier alpha value is -1.26. The summed E-state index contributed by atoms with van der Waals surface area (Å²) in [4.78, 5) is 4.68. The summed E-state index contributed by atoms with van der Waals surface area (Å²) in [6.45, 7) is 8.59. The van der Waals surface area contributed by atoms with Crippen LogP contribution in [0.15, 0.2) is 35.3 Å². The number of anilines is 1. The largest absolute Gasteiger partial charge is 0.383 e. The van der Waals surface area contributed by atoms with Crippen molar-refractivity contribution in [1.29, 1.82) is 0 Å². The molecule has 20 heavy (non-hydrogen) atoms. The van der Waals surface area contributed by atoms with E-state index in [0.717, 1.165) is 21.6 Å². The van der Waals surface area contributed by atoms with Crippen LogP contribution in [0.5, 0.6) is 0 Å². The van der Waals surface area contributed by atoms with E-state index in [-0.39, 0.29) is 5.92 Å². The molecule has 0 fully saturated rings. The van der Waals surface area contributed by atoms with Crippen LogP contribution in [-0.2, 0) is 6.54 Å². The Morgan fingerprint density at radius 1 is 1.50 bits per heavy atom. The summed E-state index contributed by atoms with van der Waals surface area (Å²) < 4.78 is 2.92. The molecule has 0 amide bonds. The zero-order chi connectivity index (χ0) is 14.9. The first-order chi connectivity index (χ1) is 9.45. The van der Waals surface area contributed by atoms with Crippen molar-refractivity contribution in [1.82, 2.24) is 9.55 Å². The van der Waals surface area contributed by atoms with Gasteiger partial charge in [-0.05, 0) is 18.2 Å². The number of benzene rings is 1. The molecule has 0 radical (unpaired) electrons. The predicted octanol–water partition coefficient (Wildman–Crippen LogP) is 4.86. The number of rotatable bonds is 4. The summed E-state index contributed by atoms with van der Waals surface area (Å²) in [7, 11) is 0. The Morgan fingerprint density at radius 3 is 2.80 bits per heavy atom. The Morgan fingerprint density at radius 2 is 2.20 bits per heavy atom. The van der Waals surface area contributed by atoms with Gasteiger partial charge in [-0.3, -0.25) is 0 Å². The van der Waals surface area contributed by atoms with E-state index < -0.39 is 0 Å². The number of halogens is 2. The Bertz CT molecular complexity index is 647. The fraction of sp³-hybridized carbons (Fsp3) is 0.267. The zero-order valence-corrected chi connectivity index (χ0v) is 13.9. The number of nitrogens with two attached hydrogens (primary N) is 1. The predicted molar refractivity (Wildman–Crippen MR) is 89.1 cm³/mol. The van der Waals surface area contributed by atoms with Crippen molar-refractivity contribution < 1.29 is 0 Å². The SMILES string of the molecule is C=CCn1c(C(C)C)nc(-c2cc(Br)ccc2Cl)c1N. The zero-order valence-electron chi connectivity index (χ0n) is 11.5. The minimum absolute atomic E-state index is 0.275. The van der Waals surface area contributed by atoms with E-state index in [0.29, 0.717) is 17.4 Å². The second-order valence-electron chi connectivity index (χ2n) is 4.88. The van der Waals surface area contributed by atoms with Gasteiger partial charge in [-0.2, -0.15) is 0 Å². The Labute approximate surface area is 132 Å². The van der Waals surface area contributed by atoms with Gasteiger partial charge in [0.15, 0.2) is 0 Å². The van der Waals surface area contributed by atoms with Gasteiger partial charge in [0.05, 0.1) is 5.02 Å². The number of nitrogen functional groups attached to an aromatic ring is 1. The topological polar surface area (TPSA) is 43.8 Å². The van der Waals surface area contributed by atoms with Crippen LogP contribution in [0.3, 0.4) is 0 Å². The van der Waals surface area contributed by atoms with E-state index in [9.17, 15) is 0 Å². The highest BCUT2D eigenvalue weighted by atomic mass is 79.9. The second-order valence-corrected chi connectivity index (χ2v) is 6.20. The summed E-state index contributed by atoms with van der Waals surface area (Å²) in [5.41, 5.74) is 7.82. The van der Waals surface area contributed by atoms with E-state index in [1.54, 1.807) is 0 Å². The molecular weight excluding hydrogens is 338 g/mol. The number of hydrogen-bond acceptors (Lipinski definition) is 2. The monoisotopic (exact) mass is 353 g/mol. The molecule has 0 aliphatic heterocycles. The second kappa shape index (κ2) is 6.02. The Balaban J connectivity index is 2.65. The van der Waals surface area contributed by atoms with Gasteiger partial charge < -0.3 is 10.3 Å². The lowest BCUT2D eigenvalue weighted by Crippen LogP contribution is -2.07. The van der Waals surface area contributed by atoms with Gasteiger partial charge in [0.25, 0.3) is 0 Å². The van der Waals surface area contributed by atoms with Crippen LogP contribution in [0.4, 0.5) is 5.82 Å². The van der Waals surface area contributed by atoms with Crippen molar-refractivity contribution in [2.75, 3.05) is 5.73 Å². The molecule has 0 saturated heterocycles. The standard InChI is InChI=1S/C15H17BrClN3/c1-4-7-20-14(18)13(19-15(20)9(2)3)11-8-10(16)5-6-12(11)17/h4-6,8-9H,1,7,18H2,2-3H3. The lowest BCUT2D eigenvalue weighted by atomic mass is 10.1. The first-order valence-electron chi connectivity index (χ1n) is 6.38. The molecule has 5 heteroatoms. The fourth-order valence-corrected chi connectivity index (χ4v) is 2.69. The van der Waals surface area contributed by atoms with Gasteiger partial charge in [-0.1, -0.05) is 47.5 Å². The van der Waals surface area contributed by atoms with Gasteiger partial charge in [0.2, 0.25) is 0 Å². The number of hydrogen-bond donors (Lipinski definition) is 1. The van der Waals surface area contributed by atoms with Gasteiger partial charge in [0, 0.05) is 22.5 Å². The molecule has 0 unspecified atom stereocenters. The maximum absolute atomic E-state index is 6.28. The van der Waals surface area contributed by atoms with Crippen molar-refractivity contribution in [3.8, 4) is 11.3 Å². The summed E-state index contributed by atoms with van der Waals surface area (Å²) in [5, 5.41) is 0.637. The third-order valence-electron chi connectivity index (χ3n) is 3.05. The first-order valence-corrected chi connectivity index (χ1v) is 7.55. The van der Waals surface area contributed by atoms with E-state index in [2.05, 4.69) is 41.3 Å². The average molecular weight is 355 g/mol. The maximum Gasteiger partial charge on any atom is 0.132 e. The lowest BCUT2D eigenvalue weighted by Gasteiger charge is -2.09. The number of imidazole rings is 1. The summed E-state index contributed by atoms with van der Waals surface area (Å²) in [6.07, 6.45) is 1.82. The molecule has 0 saturated carbocycles. The molecule has 0 atom stereocenters. The van der Waals surface area contributed by atoms with Crippen molar-refractivity contribution in [3.05, 3.63) is 46.2 Å². The highest BCUT2D eigenvalue weighted by Crippen LogP contribution is 2.35. The molecule has 0 aliphatic rings. The van der Waals surface area contributed by atoms with Crippen molar-refractivity contribution >= 4 is 33.3 Å². The van der Waals surface area contributed by atoms with Crippen molar-refractivity contribution in [3.63, 3.8) is 0 Å². The average Bonchev–Trinajstić information content (AvgIpc) is 2.71. The highest BCUT2D eigenvalue weighted by Gasteiger charge is 2.19. The van der Waals surface area contributed by atoms with Gasteiger partial charge in [-0.25, -0.2) is 4.98 Å². The molecule has 1 aromatic carbocycles. The summed E-state index contributed by atoms with van der Waals surface area (Å²) >= 11 is 9.73. The third kappa shape index (κ3) is 2.76. The van der Waals surface area contributed by atoms with Gasteiger partial charge in [-0.15, -0.1) is 6.58 Å². The molecule has 0 bridgehead atoms. The molecule has 1 heterocycles. The van der Waals surface area contributed by atoms with Gasteiger partial charge >= 0.3 is 0 Å². The fourth-order valence-electron chi connectivity index (χ4n) is 2.12. The summed E-state index contributed by atoms with van der Waals surface area (Å²) in [5.74, 6) is 1.83. The first kappa shape index (κ1) is 15.1. The number of aromatic nitrogens is 2. The molecular formula is C15H17BrClN3. The lowest BCUT2D eigenvalue weighted by molar-refractivity contribution is 0.684. The van der Waals surface area contributed by atoms with Crippen LogP contribution in [-0.4, -0.2) is 9.55 Å². The van der Waals surface area contributed by atoms with Crippen LogP contribution in [0.2, 0.25) is 5.02 Å². The van der Waals surface area contributed by atoms with Crippen LogP contribution >= 0.6 is 27.5 Å². The molecule has 106 valence electrons. The molecule has 0 aliphatic carbocycles. The minimum Gasteiger partial charge on any atom is -0.383 e. The van der Waals surface area contributed by atoms with Crippen LogP contribution < -0.4 is 5.73 Å². The molecule has 2 aromatic rings. The van der Waals surface area contributed by atoms with Crippen LogP contribution in [0.1, 0.15) is 25.6 Å². The van der Waals surface area contributed by atoms with Crippen molar-refractivity contribution in [2.24, 2.45) is 0 Å². The minimum atomic E-state index is 0.275. The van der Waals surface area contributed by atoms with Crippen molar-refractivity contribution in [2.45, 2.75) is 26.3 Å². The molecule has 2 N–H and O–H groups in total. The molecule has 0 spiro atoms. The molecule has 3 nitrogen and oxygen atoms in total. The Kier molecular flexibility index (Phi) is 4.55. The molecule has 1 aromatic heterocycles.